The predicted octanol–water partition coefficient (Wildman–Crippen LogP) is 5.53. The Morgan fingerprint density at radius 2 is 1.81 bits per heavy atom. The lowest BCUT2D eigenvalue weighted by Gasteiger charge is -2.23. The molecule has 1 N–H and O–H groups in total. The van der Waals surface area contributed by atoms with Crippen molar-refractivity contribution in [2.24, 2.45) is 10.1 Å². The number of carbonyl (C=O) groups is 2. The molecule has 36 heavy (non-hydrogen) atoms. The second kappa shape index (κ2) is 10.6. The van der Waals surface area contributed by atoms with Gasteiger partial charge in [0.25, 0.3) is 5.91 Å². The molecule has 0 aliphatic carbocycles. The summed E-state index contributed by atoms with van der Waals surface area (Å²) in [5, 5.41) is 10.0. The summed E-state index contributed by atoms with van der Waals surface area (Å²) >= 11 is 7.39. The molecule has 2 aliphatic rings. The molecule has 0 fully saturated rings. The van der Waals surface area contributed by atoms with Crippen LogP contribution in [-0.4, -0.2) is 40.1 Å². The van der Waals surface area contributed by atoms with Crippen LogP contribution in [-0.2, 0) is 9.59 Å². The Balaban J connectivity index is 1.36. The molecule has 5 rings (SSSR count). The minimum Gasteiger partial charge on any atom is -0.497 e. The number of aliphatic imine (C=N–C) groups is 1. The molecule has 2 aliphatic heterocycles. The summed E-state index contributed by atoms with van der Waals surface area (Å²) in [6.45, 7) is 0. The van der Waals surface area contributed by atoms with Crippen LogP contribution in [0.1, 0.15) is 30.0 Å². The molecule has 7 nitrogen and oxygen atoms in total. The van der Waals surface area contributed by atoms with Crippen LogP contribution in [0.5, 0.6) is 5.75 Å². The Bertz CT molecular complexity index is 1330. The number of para-hydroxylation sites is 1. The van der Waals surface area contributed by atoms with Crippen molar-refractivity contribution in [1.29, 1.82) is 0 Å². The van der Waals surface area contributed by atoms with E-state index in [0.717, 1.165) is 22.6 Å². The number of anilines is 1. The van der Waals surface area contributed by atoms with Crippen LogP contribution in [0.3, 0.4) is 0 Å². The average molecular weight is 519 g/mol. The topological polar surface area (TPSA) is 83.4 Å². The third kappa shape index (κ3) is 5.29. The summed E-state index contributed by atoms with van der Waals surface area (Å²) in [7, 11) is 1.63. The minimum absolute atomic E-state index is 0.0277. The van der Waals surface area contributed by atoms with Gasteiger partial charge in [0, 0.05) is 23.6 Å². The highest BCUT2D eigenvalue weighted by Gasteiger charge is 2.39. The van der Waals surface area contributed by atoms with Crippen molar-refractivity contribution in [3.63, 3.8) is 0 Å². The zero-order valence-electron chi connectivity index (χ0n) is 19.4. The Kier molecular flexibility index (Phi) is 7.06. The molecular weight excluding hydrogens is 496 g/mol. The summed E-state index contributed by atoms with van der Waals surface area (Å²) in [5.41, 5.74) is 3.53. The van der Waals surface area contributed by atoms with E-state index in [0.29, 0.717) is 22.3 Å². The van der Waals surface area contributed by atoms with Crippen LogP contribution in [0, 0.1) is 0 Å². The smallest absolute Gasteiger partial charge is 0.262 e. The van der Waals surface area contributed by atoms with E-state index >= 15 is 0 Å². The molecule has 3 aromatic rings. The molecule has 2 heterocycles. The molecule has 0 bridgehead atoms. The van der Waals surface area contributed by atoms with E-state index in [1.165, 1.54) is 11.8 Å². The molecule has 0 unspecified atom stereocenters. The number of hydrogen-bond acceptors (Lipinski definition) is 6. The van der Waals surface area contributed by atoms with Crippen molar-refractivity contribution in [2.45, 2.75) is 24.1 Å². The van der Waals surface area contributed by atoms with E-state index in [-0.39, 0.29) is 24.3 Å². The number of hydrogen-bond donors (Lipinski definition) is 1. The van der Waals surface area contributed by atoms with E-state index in [4.69, 9.17) is 21.4 Å². The Hall–Kier alpha value is -3.62. The molecule has 9 heteroatoms. The van der Waals surface area contributed by atoms with Crippen molar-refractivity contribution < 1.29 is 14.3 Å². The fourth-order valence-corrected chi connectivity index (χ4v) is 5.28. The normalized spacial score (nSPS) is 19.2. The van der Waals surface area contributed by atoms with Gasteiger partial charge in [-0.1, -0.05) is 53.7 Å². The molecule has 0 spiro atoms. The summed E-state index contributed by atoms with van der Waals surface area (Å²) in [6, 6.07) is 24.3. The molecule has 2 amide bonds. The fourth-order valence-electron chi connectivity index (χ4n) is 4.10. The second-order valence-corrected chi connectivity index (χ2v) is 9.95. The molecule has 0 radical (unpaired) electrons. The number of rotatable bonds is 6. The lowest BCUT2D eigenvalue weighted by molar-refractivity contribution is -0.121. The van der Waals surface area contributed by atoms with Gasteiger partial charge in [0.15, 0.2) is 5.17 Å². The van der Waals surface area contributed by atoms with Crippen LogP contribution in [0.25, 0.3) is 0 Å². The predicted molar refractivity (Wildman–Crippen MR) is 144 cm³/mol. The van der Waals surface area contributed by atoms with Gasteiger partial charge in [-0.3, -0.25) is 9.59 Å². The number of halogens is 1. The highest BCUT2D eigenvalue weighted by molar-refractivity contribution is 8.15. The molecule has 2 atom stereocenters. The van der Waals surface area contributed by atoms with Gasteiger partial charge in [0.1, 0.15) is 11.0 Å². The third-order valence-electron chi connectivity index (χ3n) is 5.94. The first-order valence-electron chi connectivity index (χ1n) is 11.4. The van der Waals surface area contributed by atoms with Crippen molar-refractivity contribution in [2.75, 3.05) is 12.4 Å². The van der Waals surface area contributed by atoms with Gasteiger partial charge in [-0.05, 0) is 59.7 Å². The highest BCUT2D eigenvalue weighted by Crippen LogP contribution is 2.39. The van der Waals surface area contributed by atoms with E-state index in [2.05, 4.69) is 10.3 Å². The number of nitrogens with zero attached hydrogens (tertiary/aromatic N) is 3. The zero-order chi connectivity index (χ0) is 25.1. The van der Waals surface area contributed by atoms with Crippen LogP contribution >= 0.6 is 23.4 Å². The van der Waals surface area contributed by atoms with Gasteiger partial charge in [0.2, 0.25) is 5.91 Å². The van der Waals surface area contributed by atoms with E-state index in [9.17, 15) is 9.59 Å². The third-order valence-corrected chi connectivity index (χ3v) is 7.34. The van der Waals surface area contributed by atoms with E-state index in [1.807, 2.05) is 66.7 Å². The van der Waals surface area contributed by atoms with Gasteiger partial charge < -0.3 is 10.1 Å². The quantitative estimate of drug-likeness (QED) is 0.464. The van der Waals surface area contributed by atoms with E-state index < -0.39 is 5.25 Å². The number of amidine groups is 1. The van der Waals surface area contributed by atoms with Crippen molar-refractivity contribution >= 4 is 51.7 Å². The summed E-state index contributed by atoms with van der Waals surface area (Å²) < 4.78 is 5.27. The average Bonchev–Trinajstić information content (AvgIpc) is 3.49. The minimum atomic E-state index is -0.602. The summed E-state index contributed by atoms with van der Waals surface area (Å²) in [4.78, 5) is 29.6. The number of nitrogens with one attached hydrogen (secondary N) is 1. The number of amides is 2. The van der Waals surface area contributed by atoms with Gasteiger partial charge >= 0.3 is 0 Å². The molecule has 0 saturated carbocycles. The largest absolute Gasteiger partial charge is 0.497 e. The molecule has 0 saturated heterocycles. The standard InChI is InChI=1S/C27H23ClN4O3S/c1-35-21-13-9-17(10-14-21)22-15-23(18-7-11-19(28)12-8-18)32(31-22)27-30-26(34)24(36-27)16-25(33)29-20-5-3-2-4-6-20/h2-14,23-24H,15-16H2,1H3,(H,29,33)/t23-,24+/m1/s1. The number of ether oxygens (including phenoxy) is 1. The van der Waals surface area contributed by atoms with Gasteiger partial charge in [0.05, 0.1) is 18.9 Å². The summed E-state index contributed by atoms with van der Waals surface area (Å²) in [6.07, 6.45) is 0.654. The zero-order valence-corrected chi connectivity index (χ0v) is 21.0. The van der Waals surface area contributed by atoms with Crippen molar-refractivity contribution in [3.8, 4) is 5.75 Å². The van der Waals surface area contributed by atoms with Crippen LogP contribution < -0.4 is 10.1 Å². The van der Waals surface area contributed by atoms with Gasteiger partial charge in [-0.15, -0.1) is 0 Å². The number of thioether (sulfide) groups is 1. The number of benzene rings is 3. The van der Waals surface area contributed by atoms with E-state index in [1.54, 1.807) is 24.3 Å². The first-order chi connectivity index (χ1) is 17.5. The Labute approximate surface area is 218 Å². The molecule has 0 aromatic heterocycles. The summed E-state index contributed by atoms with van der Waals surface area (Å²) in [5.74, 6) is 0.198. The van der Waals surface area contributed by atoms with Crippen molar-refractivity contribution in [1.82, 2.24) is 5.01 Å². The second-order valence-electron chi connectivity index (χ2n) is 8.35. The van der Waals surface area contributed by atoms with Crippen LogP contribution in [0.2, 0.25) is 5.02 Å². The lowest BCUT2D eigenvalue weighted by Crippen LogP contribution is -2.25. The first kappa shape index (κ1) is 24.1. The Morgan fingerprint density at radius 1 is 1.08 bits per heavy atom. The number of carbonyl (C=O) groups excluding carboxylic acids is 2. The Morgan fingerprint density at radius 3 is 2.50 bits per heavy atom. The van der Waals surface area contributed by atoms with Crippen molar-refractivity contribution in [3.05, 3.63) is 95.0 Å². The SMILES string of the molecule is COc1ccc(C2=NN(C3=NC(=O)[C@H](CC(=O)Nc4ccccc4)S3)[C@@H](c3ccc(Cl)cc3)C2)cc1. The molecule has 182 valence electrons. The highest BCUT2D eigenvalue weighted by atomic mass is 35.5. The van der Waals surface area contributed by atoms with Crippen LogP contribution in [0.4, 0.5) is 5.69 Å². The maximum atomic E-state index is 12.7. The molecule has 3 aromatic carbocycles. The lowest BCUT2D eigenvalue weighted by atomic mass is 9.98. The number of methoxy groups -OCH3 is 1. The van der Waals surface area contributed by atoms with Gasteiger partial charge in [-0.25, -0.2) is 5.01 Å². The monoisotopic (exact) mass is 518 g/mol. The van der Waals surface area contributed by atoms with Gasteiger partial charge in [-0.2, -0.15) is 10.1 Å². The first-order valence-corrected chi connectivity index (χ1v) is 12.7. The van der Waals surface area contributed by atoms with Crippen LogP contribution in [0.15, 0.2) is 89.0 Å². The maximum absolute atomic E-state index is 12.7. The number of hydrazone groups is 1. The fraction of sp³-hybridized carbons (Fsp3) is 0.185. The molecular formula is C27H23ClN4O3S. The maximum Gasteiger partial charge on any atom is 0.262 e.